The second-order valence-corrected chi connectivity index (χ2v) is 7.71. The van der Waals surface area contributed by atoms with Gasteiger partial charge < -0.3 is 19.7 Å². The molecule has 0 radical (unpaired) electrons. The molecule has 0 saturated carbocycles. The van der Waals surface area contributed by atoms with E-state index in [1.54, 1.807) is 24.3 Å². The van der Waals surface area contributed by atoms with Gasteiger partial charge in [0.2, 0.25) is 5.91 Å². The number of nitro groups is 1. The Balaban J connectivity index is 1.95. The van der Waals surface area contributed by atoms with Crippen LogP contribution in [0.4, 0.5) is 16.2 Å². The standard InChI is InChI=1S/C23H28N4O7/c1-25(2)12-11-24-21(28)14-16-5-8-18(9-6-16)26(3)23(30)34-15-17-7-10-20(27(31)32)19(13-17)22(29)33-4/h5-10,13H,11-12,14-15H2,1-4H3,(H,24,28). The second-order valence-electron chi connectivity index (χ2n) is 7.71. The quantitative estimate of drug-likeness (QED) is 0.317. The fourth-order valence-corrected chi connectivity index (χ4v) is 2.96. The van der Waals surface area contributed by atoms with Gasteiger partial charge in [-0.05, 0) is 49.5 Å². The predicted octanol–water partition coefficient (Wildman–Crippen LogP) is 2.37. The van der Waals surface area contributed by atoms with Crippen molar-refractivity contribution in [1.29, 1.82) is 0 Å². The summed E-state index contributed by atoms with van der Waals surface area (Å²) in [5.41, 5.74) is 1.12. The van der Waals surface area contributed by atoms with E-state index in [-0.39, 0.29) is 24.5 Å². The van der Waals surface area contributed by atoms with Crippen LogP contribution in [0.25, 0.3) is 0 Å². The number of rotatable bonds is 10. The Labute approximate surface area is 197 Å². The number of nitro benzene ring substituents is 1. The van der Waals surface area contributed by atoms with Crippen LogP contribution in [-0.2, 0) is 27.3 Å². The number of nitrogens with one attached hydrogen (secondary N) is 1. The molecule has 0 fully saturated rings. The number of carbonyl (C=O) groups excluding carboxylic acids is 3. The molecule has 0 aliphatic heterocycles. The molecule has 1 N–H and O–H groups in total. The van der Waals surface area contributed by atoms with Crippen LogP contribution in [-0.4, -0.2) is 69.1 Å². The Morgan fingerprint density at radius 1 is 1.03 bits per heavy atom. The summed E-state index contributed by atoms with van der Waals surface area (Å²) in [6, 6.07) is 10.7. The Bertz CT molecular complexity index is 1040. The summed E-state index contributed by atoms with van der Waals surface area (Å²) in [5, 5.41) is 13.9. The van der Waals surface area contributed by atoms with E-state index in [2.05, 4.69) is 10.1 Å². The van der Waals surface area contributed by atoms with Gasteiger partial charge in [-0.2, -0.15) is 0 Å². The molecule has 2 aromatic carbocycles. The van der Waals surface area contributed by atoms with Crippen molar-refractivity contribution in [2.45, 2.75) is 13.0 Å². The number of esters is 1. The summed E-state index contributed by atoms with van der Waals surface area (Å²) in [6.45, 7) is 1.12. The van der Waals surface area contributed by atoms with Gasteiger partial charge in [-0.1, -0.05) is 12.1 Å². The fourth-order valence-electron chi connectivity index (χ4n) is 2.96. The second kappa shape index (κ2) is 12.3. The average Bonchev–Trinajstić information content (AvgIpc) is 2.81. The van der Waals surface area contributed by atoms with Gasteiger partial charge >= 0.3 is 12.1 Å². The van der Waals surface area contributed by atoms with E-state index in [1.807, 2.05) is 19.0 Å². The topological polar surface area (TPSA) is 131 Å². The number of methoxy groups -OCH3 is 1. The Hall–Kier alpha value is -3.99. The maximum absolute atomic E-state index is 12.4. The highest BCUT2D eigenvalue weighted by Crippen LogP contribution is 2.22. The molecule has 11 nitrogen and oxygen atoms in total. The van der Waals surface area contributed by atoms with Crippen molar-refractivity contribution < 1.29 is 28.8 Å². The predicted molar refractivity (Wildman–Crippen MR) is 125 cm³/mol. The van der Waals surface area contributed by atoms with Crippen molar-refractivity contribution in [2.24, 2.45) is 0 Å². The maximum atomic E-state index is 12.4. The van der Waals surface area contributed by atoms with E-state index in [9.17, 15) is 24.5 Å². The molecule has 34 heavy (non-hydrogen) atoms. The average molecular weight is 472 g/mol. The number of nitrogens with zero attached hydrogens (tertiary/aromatic N) is 3. The molecule has 0 aromatic heterocycles. The number of carbonyl (C=O) groups is 3. The van der Waals surface area contributed by atoms with Gasteiger partial charge in [-0.15, -0.1) is 0 Å². The molecule has 0 heterocycles. The van der Waals surface area contributed by atoms with Crippen LogP contribution in [0.3, 0.4) is 0 Å². The SMILES string of the molecule is COC(=O)c1cc(COC(=O)N(C)c2ccc(CC(=O)NCCN(C)C)cc2)ccc1[N+](=O)[O-]. The first-order chi connectivity index (χ1) is 16.1. The number of benzene rings is 2. The first kappa shape index (κ1) is 26.3. The largest absolute Gasteiger partial charge is 0.465 e. The van der Waals surface area contributed by atoms with Gasteiger partial charge in [0, 0.05) is 31.9 Å². The van der Waals surface area contributed by atoms with Crippen molar-refractivity contribution in [3.05, 3.63) is 69.3 Å². The van der Waals surface area contributed by atoms with Gasteiger partial charge in [-0.3, -0.25) is 19.8 Å². The third kappa shape index (κ3) is 7.55. The molecule has 0 unspecified atom stereocenters. The number of likely N-dealkylation sites (N-methyl/N-ethyl adjacent to an activating group) is 1. The zero-order valence-electron chi connectivity index (χ0n) is 19.6. The zero-order valence-corrected chi connectivity index (χ0v) is 19.6. The summed E-state index contributed by atoms with van der Waals surface area (Å²) < 4.78 is 9.85. The number of ether oxygens (including phenoxy) is 2. The molecule has 11 heteroatoms. The number of amides is 2. The molecule has 0 bridgehead atoms. The third-order valence-electron chi connectivity index (χ3n) is 4.87. The lowest BCUT2D eigenvalue weighted by molar-refractivity contribution is -0.385. The summed E-state index contributed by atoms with van der Waals surface area (Å²) in [7, 11) is 6.51. The number of hydrogen-bond acceptors (Lipinski definition) is 8. The maximum Gasteiger partial charge on any atom is 0.414 e. The van der Waals surface area contributed by atoms with Crippen molar-refractivity contribution >= 4 is 29.3 Å². The van der Waals surface area contributed by atoms with Crippen LogP contribution < -0.4 is 10.2 Å². The van der Waals surface area contributed by atoms with Gasteiger partial charge in [0.25, 0.3) is 5.69 Å². The van der Waals surface area contributed by atoms with Crippen LogP contribution >= 0.6 is 0 Å². The van der Waals surface area contributed by atoms with Crippen molar-refractivity contribution in [1.82, 2.24) is 10.2 Å². The van der Waals surface area contributed by atoms with E-state index in [0.29, 0.717) is 17.8 Å². The molecular weight excluding hydrogens is 444 g/mol. The van der Waals surface area contributed by atoms with Crippen molar-refractivity contribution in [3.63, 3.8) is 0 Å². The summed E-state index contributed by atoms with van der Waals surface area (Å²) in [4.78, 5) is 49.9. The summed E-state index contributed by atoms with van der Waals surface area (Å²) in [5.74, 6) is -0.944. The minimum absolute atomic E-state index is 0.0863. The van der Waals surface area contributed by atoms with Crippen LogP contribution in [0.1, 0.15) is 21.5 Å². The lowest BCUT2D eigenvalue weighted by Crippen LogP contribution is -2.32. The number of hydrogen-bond donors (Lipinski definition) is 1. The van der Waals surface area contributed by atoms with Gasteiger partial charge in [0.05, 0.1) is 18.5 Å². The highest BCUT2D eigenvalue weighted by Gasteiger charge is 2.22. The molecule has 0 atom stereocenters. The number of anilines is 1. The van der Waals surface area contributed by atoms with Crippen LogP contribution in [0.2, 0.25) is 0 Å². The lowest BCUT2D eigenvalue weighted by atomic mass is 10.1. The molecule has 2 rings (SSSR count). The normalized spacial score (nSPS) is 10.5. The monoisotopic (exact) mass is 472 g/mol. The Morgan fingerprint density at radius 3 is 2.26 bits per heavy atom. The van der Waals surface area contributed by atoms with E-state index in [0.717, 1.165) is 25.3 Å². The minimum atomic E-state index is -0.858. The molecule has 0 spiro atoms. The van der Waals surface area contributed by atoms with E-state index < -0.39 is 22.7 Å². The fraction of sp³-hybridized carbons (Fsp3) is 0.348. The van der Waals surface area contributed by atoms with Crippen molar-refractivity contribution in [3.8, 4) is 0 Å². The van der Waals surface area contributed by atoms with Crippen LogP contribution in [0.5, 0.6) is 0 Å². The van der Waals surface area contributed by atoms with E-state index >= 15 is 0 Å². The molecule has 2 amide bonds. The van der Waals surface area contributed by atoms with Crippen LogP contribution in [0, 0.1) is 10.1 Å². The van der Waals surface area contributed by atoms with Gasteiger partial charge in [-0.25, -0.2) is 9.59 Å². The zero-order chi connectivity index (χ0) is 25.3. The highest BCUT2D eigenvalue weighted by atomic mass is 16.6. The van der Waals surface area contributed by atoms with Gasteiger partial charge in [0.15, 0.2) is 0 Å². The Morgan fingerprint density at radius 2 is 1.68 bits per heavy atom. The molecular formula is C23H28N4O7. The van der Waals surface area contributed by atoms with Crippen molar-refractivity contribution in [2.75, 3.05) is 46.2 Å². The lowest BCUT2D eigenvalue weighted by Gasteiger charge is -2.17. The molecule has 182 valence electrons. The highest BCUT2D eigenvalue weighted by molar-refractivity contribution is 5.94. The molecule has 0 saturated heterocycles. The summed E-state index contributed by atoms with van der Waals surface area (Å²) >= 11 is 0. The first-order valence-electron chi connectivity index (χ1n) is 10.4. The van der Waals surface area contributed by atoms with E-state index in [1.165, 1.54) is 24.1 Å². The third-order valence-corrected chi connectivity index (χ3v) is 4.87. The van der Waals surface area contributed by atoms with E-state index in [4.69, 9.17) is 4.74 Å². The smallest absolute Gasteiger partial charge is 0.414 e. The molecule has 0 aliphatic rings. The first-order valence-corrected chi connectivity index (χ1v) is 10.4. The summed E-state index contributed by atoms with van der Waals surface area (Å²) in [6.07, 6.45) is -0.433. The molecule has 0 aliphatic carbocycles. The molecule has 2 aromatic rings. The minimum Gasteiger partial charge on any atom is -0.465 e. The Kier molecular flexibility index (Phi) is 9.50. The van der Waals surface area contributed by atoms with Gasteiger partial charge in [0.1, 0.15) is 12.2 Å². The van der Waals surface area contributed by atoms with Crippen LogP contribution in [0.15, 0.2) is 42.5 Å².